The zero-order valence-electron chi connectivity index (χ0n) is 11.7. The molecule has 1 aliphatic heterocycles. The molecule has 1 fully saturated rings. The average Bonchev–Trinajstić information content (AvgIpc) is 2.84. The molecule has 0 unspecified atom stereocenters. The van der Waals surface area contributed by atoms with Crippen molar-refractivity contribution in [3.63, 3.8) is 0 Å². The normalized spacial score (nSPS) is 15.5. The van der Waals surface area contributed by atoms with Crippen molar-refractivity contribution in [2.24, 2.45) is 5.41 Å². The number of hydrogen-bond acceptors (Lipinski definition) is 2. The molecule has 1 aliphatic rings. The summed E-state index contributed by atoms with van der Waals surface area (Å²) in [5.41, 5.74) is 1.20. The monoisotopic (exact) mass is 260 g/mol. The van der Waals surface area contributed by atoms with Crippen LogP contribution in [0.2, 0.25) is 0 Å². The smallest absolute Gasteiger partial charge is 0.321 e. The summed E-state index contributed by atoms with van der Waals surface area (Å²) in [5.74, 6) is 0.146. The summed E-state index contributed by atoms with van der Waals surface area (Å²) in [7, 11) is 0. The van der Waals surface area contributed by atoms with E-state index in [4.69, 9.17) is 0 Å². The second kappa shape index (κ2) is 5.03. The van der Waals surface area contributed by atoms with Crippen LogP contribution in [-0.4, -0.2) is 24.9 Å². The van der Waals surface area contributed by atoms with Crippen LogP contribution in [0.3, 0.4) is 0 Å². The highest BCUT2D eigenvalue weighted by Crippen LogP contribution is 2.27. The van der Waals surface area contributed by atoms with Crippen LogP contribution in [0.15, 0.2) is 24.3 Å². The first-order valence-corrected chi connectivity index (χ1v) is 6.66. The Hall–Kier alpha value is -1.84. The number of benzene rings is 1. The Morgan fingerprint density at radius 2 is 1.95 bits per heavy atom. The summed E-state index contributed by atoms with van der Waals surface area (Å²) in [4.78, 5) is 25.5. The molecule has 1 heterocycles. The van der Waals surface area contributed by atoms with E-state index >= 15 is 0 Å². The third kappa shape index (κ3) is 2.62. The molecule has 1 N–H and O–H groups in total. The van der Waals surface area contributed by atoms with Gasteiger partial charge in [0.1, 0.15) is 0 Å². The maximum absolute atomic E-state index is 12.3. The Labute approximate surface area is 113 Å². The van der Waals surface area contributed by atoms with Crippen LogP contribution >= 0.6 is 0 Å². The van der Waals surface area contributed by atoms with Gasteiger partial charge >= 0.3 is 6.03 Å². The van der Waals surface area contributed by atoms with E-state index in [-0.39, 0.29) is 17.2 Å². The van der Waals surface area contributed by atoms with E-state index in [0.29, 0.717) is 18.7 Å². The Kier molecular flexibility index (Phi) is 3.60. The number of rotatable bonds is 4. The average molecular weight is 260 g/mol. The molecule has 19 heavy (non-hydrogen) atoms. The molecule has 1 saturated heterocycles. The van der Waals surface area contributed by atoms with Crippen LogP contribution in [0, 0.1) is 5.41 Å². The van der Waals surface area contributed by atoms with Gasteiger partial charge in [0.05, 0.1) is 0 Å². The first kappa shape index (κ1) is 13.6. The molecule has 0 saturated carbocycles. The lowest BCUT2D eigenvalue weighted by molar-refractivity contribution is 0.0833. The van der Waals surface area contributed by atoms with Crippen molar-refractivity contribution >= 4 is 17.5 Å². The van der Waals surface area contributed by atoms with Gasteiger partial charge in [-0.1, -0.05) is 20.8 Å². The SMILES string of the molecule is CCC(C)(C)C(=O)c1ccc(N2CCNC2=O)cc1. The Bertz CT molecular complexity index is 491. The maximum Gasteiger partial charge on any atom is 0.321 e. The molecular weight excluding hydrogens is 240 g/mol. The Balaban J connectivity index is 2.19. The highest BCUT2D eigenvalue weighted by Gasteiger charge is 2.27. The van der Waals surface area contributed by atoms with Gasteiger partial charge in [-0.05, 0) is 30.7 Å². The number of ketones is 1. The summed E-state index contributed by atoms with van der Waals surface area (Å²) in [6.45, 7) is 7.27. The molecule has 2 rings (SSSR count). The standard InChI is InChI=1S/C15H20N2O2/c1-4-15(2,3)13(18)11-5-7-12(8-6-11)17-10-9-16-14(17)19/h5-8H,4,9-10H2,1-3H3,(H,16,19). The molecule has 102 valence electrons. The number of hydrogen-bond donors (Lipinski definition) is 1. The predicted octanol–water partition coefficient (Wildman–Crippen LogP) is 2.84. The van der Waals surface area contributed by atoms with Crippen molar-refractivity contribution < 1.29 is 9.59 Å². The number of carbonyl (C=O) groups is 2. The summed E-state index contributed by atoms with van der Waals surface area (Å²) in [6.07, 6.45) is 0.808. The summed E-state index contributed by atoms with van der Waals surface area (Å²) < 4.78 is 0. The van der Waals surface area contributed by atoms with Gasteiger partial charge in [0.25, 0.3) is 0 Å². The van der Waals surface area contributed by atoms with E-state index in [0.717, 1.165) is 12.1 Å². The topological polar surface area (TPSA) is 49.4 Å². The number of Topliss-reactive ketones (excluding diaryl/α,β-unsaturated/α-hetero) is 1. The van der Waals surface area contributed by atoms with E-state index in [2.05, 4.69) is 5.32 Å². The van der Waals surface area contributed by atoms with Gasteiger partial charge in [-0.15, -0.1) is 0 Å². The second-order valence-electron chi connectivity index (χ2n) is 5.50. The van der Waals surface area contributed by atoms with E-state index in [9.17, 15) is 9.59 Å². The molecule has 0 aromatic heterocycles. The molecule has 1 aromatic rings. The van der Waals surface area contributed by atoms with Crippen molar-refractivity contribution in [2.75, 3.05) is 18.0 Å². The molecule has 0 spiro atoms. The number of urea groups is 1. The number of amides is 2. The van der Waals surface area contributed by atoms with Gasteiger partial charge in [-0.2, -0.15) is 0 Å². The lowest BCUT2D eigenvalue weighted by Crippen LogP contribution is -2.28. The minimum atomic E-state index is -0.341. The van der Waals surface area contributed by atoms with Gasteiger partial charge in [-0.3, -0.25) is 9.69 Å². The third-order valence-corrected chi connectivity index (χ3v) is 3.80. The Morgan fingerprint density at radius 3 is 2.42 bits per heavy atom. The molecule has 4 heteroatoms. The van der Waals surface area contributed by atoms with E-state index in [1.165, 1.54) is 0 Å². The fraction of sp³-hybridized carbons (Fsp3) is 0.467. The molecule has 2 amide bonds. The van der Waals surface area contributed by atoms with Crippen molar-refractivity contribution in [3.05, 3.63) is 29.8 Å². The van der Waals surface area contributed by atoms with Gasteiger partial charge in [0.2, 0.25) is 0 Å². The summed E-state index contributed by atoms with van der Waals surface area (Å²) >= 11 is 0. The first-order valence-electron chi connectivity index (χ1n) is 6.66. The van der Waals surface area contributed by atoms with E-state index in [1.807, 2.05) is 32.9 Å². The van der Waals surface area contributed by atoms with Gasteiger partial charge in [-0.25, -0.2) is 4.79 Å². The molecular formula is C15H20N2O2. The quantitative estimate of drug-likeness (QED) is 0.846. The molecule has 0 atom stereocenters. The number of carbonyl (C=O) groups excluding carboxylic acids is 2. The van der Waals surface area contributed by atoms with Crippen LogP contribution < -0.4 is 10.2 Å². The predicted molar refractivity (Wildman–Crippen MR) is 75.6 cm³/mol. The van der Waals surface area contributed by atoms with Crippen LogP contribution in [0.4, 0.5) is 10.5 Å². The van der Waals surface area contributed by atoms with Gasteiger partial charge < -0.3 is 5.32 Å². The fourth-order valence-corrected chi connectivity index (χ4v) is 2.06. The lowest BCUT2D eigenvalue weighted by atomic mass is 9.82. The van der Waals surface area contributed by atoms with Crippen molar-refractivity contribution in [1.82, 2.24) is 5.32 Å². The van der Waals surface area contributed by atoms with Crippen LogP contribution in [-0.2, 0) is 0 Å². The molecule has 1 aromatic carbocycles. The van der Waals surface area contributed by atoms with Crippen molar-refractivity contribution in [1.29, 1.82) is 0 Å². The molecule has 4 nitrogen and oxygen atoms in total. The largest absolute Gasteiger partial charge is 0.336 e. The van der Waals surface area contributed by atoms with Crippen molar-refractivity contribution in [2.45, 2.75) is 27.2 Å². The molecule has 0 radical (unpaired) electrons. The molecule has 0 aliphatic carbocycles. The highest BCUT2D eigenvalue weighted by atomic mass is 16.2. The van der Waals surface area contributed by atoms with Crippen molar-refractivity contribution in [3.8, 4) is 0 Å². The third-order valence-electron chi connectivity index (χ3n) is 3.80. The molecule has 0 bridgehead atoms. The van der Waals surface area contributed by atoms with E-state index < -0.39 is 0 Å². The Morgan fingerprint density at radius 1 is 1.32 bits per heavy atom. The minimum absolute atomic E-state index is 0.0760. The number of nitrogens with one attached hydrogen (secondary N) is 1. The number of nitrogens with zero attached hydrogens (tertiary/aromatic N) is 1. The maximum atomic E-state index is 12.3. The minimum Gasteiger partial charge on any atom is -0.336 e. The fourth-order valence-electron chi connectivity index (χ4n) is 2.06. The van der Waals surface area contributed by atoms with E-state index in [1.54, 1.807) is 17.0 Å². The number of anilines is 1. The summed E-state index contributed by atoms with van der Waals surface area (Å²) in [5, 5.41) is 2.76. The first-order chi connectivity index (χ1) is 8.95. The van der Waals surface area contributed by atoms with Gasteiger partial charge in [0, 0.05) is 29.8 Å². The van der Waals surface area contributed by atoms with Crippen LogP contribution in [0.1, 0.15) is 37.6 Å². The van der Waals surface area contributed by atoms with Crippen LogP contribution in [0.5, 0.6) is 0 Å². The lowest BCUT2D eigenvalue weighted by Gasteiger charge is -2.21. The van der Waals surface area contributed by atoms with Gasteiger partial charge in [0.15, 0.2) is 5.78 Å². The summed E-state index contributed by atoms with van der Waals surface area (Å²) in [6, 6.07) is 7.21. The van der Waals surface area contributed by atoms with Crippen LogP contribution in [0.25, 0.3) is 0 Å². The highest BCUT2D eigenvalue weighted by molar-refractivity contribution is 6.01. The second-order valence-corrected chi connectivity index (χ2v) is 5.50. The zero-order valence-corrected chi connectivity index (χ0v) is 11.7. The zero-order chi connectivity index (χ0) is 14.0.